The van der Waals surface area contributed by atoms with Gasteiger partial charge >= 0.3 is 0 Å². The second kappa shape index (κ2) is 5.36. The molecule has 0 aliphatic carbocycles. The zero-order chi connectivity index (χ0) is 20.0. The molecule has 1 atom stereocenters. The number of aromatic nitrogens is 1. The van der Waals surface area contributed by atoms with Crippen molar-refractivity contribution in [1.82, 2.24) is 4.98 Å². The third-order valence-electron chi connectivity index (χ3n) is 4.03. The fourth-order valence-corrected chi connectivity index (χ4v) is 2.59. The van der Waals surface area contributed by atoms with Gasteiger partial charge < -0.3 is 4.74 Å². The molecule has 1 aliphatic heterocycles. The summed E-state index contributed by atoms with van der Waals surface area (Å²) >= 11 is 0. The summed E-state index contributed by atoms with van der Waals surface area (Å²) in [5.74, 6) is 0.698. The summed E-state index contributed by atoms with van der Waals surface area (Å²) in [4.78, 5) is 4.27. The first kappa shape index (κ1) is 8.38. The Hall–Kier alpha value is -2.09. The van der Waals surface area contributed by atoms with Gasteiger partial charge in [0, 0.05) is 25.9 Å². The normalized spacial score (nSPS) is 23.4. The Morgan fingerprint density at radius 3 is 2.71 bits per heavy atom. The van der Waals surface area contributed by atoms with E-state index in [4.69, 9.17) is 13.0 Å². The van der Waals surface area contributed by atoms with Crippen LogP contribution < -0.4 is 0 Å². The Morgan fingerprint density at radius 2 is 2.10 bits per heavy atom. The molecule has 0 amide bonds. The standard InChI is InChI=1S/C19H21NO/c1-12-5-8-19(20-10-12)16-7-6-13(2)17(9-16)18-11-21-15(4)14(18)3/h5-10,18H,11H2,1-4H3/i1D3,2D3. The van der Waals surface area contributed by atoms with Crippen LogP contribution in [0.4, 0.5) is 0 Å². The lowest BCUT2D eigenvalue weighted by Gasteiger charge is -2.15. The molecule has 0 bridgehead atoms. The highest BCUT2D eigenvalue weighted by molar-refractivity contribution is 5.62. The summed E-state index contributed by atoms with van der Waals surface area (Å²) in [5, 5.41) is 0. The van der Waals surface area contributed by atoms with Crippen molar-refractivity contribution in [3.63, 3.8) is 0 Å². The van der Waals surface area contributed by atoms with Gasteiger partial charge in [0.15, 0.2) is 0 Å². The molecule has 2 nitrogen and oxygen atoms in total. The predicted octanol–water partition coefficient (Wildman–Crippen LogP) is 4.77. The molecule has 0 fully saturated rings. The number of benzene rings is 1. The van der Waals surface area contributed by atoms with Gasteiger partial charge in [-0.15, -0.1) is 0 Å². The van der Waals surface area contributed by atoms with Gasteiger partial charge in [0.1, 0.15) is 0 Å². The largest absolute Gasteiger partial charge is 0.497 e. The van der Waals surface area contributed by atoms with E-state index in [1.54, 1.807) is 18.2 Å². The second-order valence-electron chi connectivity index (χ2n) is 5.34. The molecule has 1 unspecified atom stereocenters. The summed E-state index contributed by atoms with van der Waals surface area (Å²) in [6, 6.07) is 8.33. The van der Waals surface area contributed by atoms with Crippen LogP contribution in [0.25, 0.3) is 11.3 Å². The third-order valence-corrected chi connectivity index (χ3v) is 4.03. The van der Waals surface area contributed by atoms with E-state index in [0.717, 1.165) is 16.9 Å². The highest BCUT2D eigenvalue weighted by atomic mass is 16.5. The molecule has 3 rings (SSSR count). The van der Waals surface area contributed by atoms with Crippen LogP contribution in [0.15, 0.2) is 47.9 Å². The third kappa shape index (κ3) is 2.58. The first-order chi connectivity index (χ1) is 12.5. The Balaban J connectivity index is 2.07. The number of nitrogens with zero attached hydrogens (tertiary/aromatic N) is 1. The minimum absolute atomic E-state index is 0.123. The Labute approximate surface area is 134 Å². The molecule has 0 spiro atoms. The molecule has 0 saturated heterocycles. The van der Waals surface area contributed by atoms with Gasteiger partial charge in [-0.1, -0.05) is 18.2 Å². The van der Waals surface area contributed by atoms with E-state index < -0.39 is 13.7 Å². The van der Waals surface area contributed by atoms with E-state index in [2.05, 4.69) is 4.98 Å². The van der Waals surface area contributed by atoms with E-state index in [-0.39, 0.29) is 11.5 Å². The van der Waals surface area contributed by atoms with Crippen LogP contribution in [0, 0.1) is 13.7 Å². The van der Waals surface area contributed by atoms with E-state index in [0.29, 0.717) is 23.4 Å². The van der Waals surface area contributed by atoms with Crippen LogP contribution >= 0.6 is 0 Å². The molecular weight excluding hydrogens is 258 g/mol. The number of allylic oxidation sites excluding steroid dienone is 1. The van der Waals surface area contributed by atoms with Crippen LogP contribution in [0.3, 0.4) is 0 Å². The van der Waals surface area contributed by atoms with E-state index in [1.807, 2.05) is 19.9 Å². The van der Waals surface area contributed by atoms with Gasteiger partial charge in [-0.05, 0) is 61.9 Å². The Bertz CT molecular complexity index is 881. The van der Waals surface area contributed by atoms with Gasteiger partial charge in [0.25, 0.3) is 0 Å². The number of hydrogen-bond donors (Lipinski definition) is 0. The molecule has 1 aliphatic rings. The van der Waals surface area contributed by atoms with Crippen molar-refractivity contribution < 1.29 is 13.0 Å². The number of aryl methyl sites for hydroxylation is 2. The summed E-state index contributed by atoms with van der Waals surface area (Å²) < 4.78 is 51.5. The van der Waals surface area contributed by atoms with Crippen LogP contribution in [0.5, 0.6) is 0 Å². The summed E-state index contributed by atoms with van der Waals surface area (Å²) in [5.41, 5.74) is 3.52. The minimum atomic E-state index is -2.23. The van der Waals surface area contributed by atoms with Crippen molar-refractivity contribution in [2.45, 2.75) is 33.5 Å². The molecule has 2 heteroatoms. The lowest BCUT2D eigenvalue weighted by molar-refractivity contribution is 0.236. The molecule has 0 saturated carbocycles. The van der Waals surface area contributed by atoms with Gasteiger partial charge in [-0.3, -0.25) is 4.98 Å². The van der Waals surface area contributed by atoms with Crippen molar-refractivity contribution in [3.05, 3.63) is 64.6 Å². The SMILES string of the molecule is [2H]C([2H])([2H])c1ccc(-c2ccc(C([2H])([2H])[2H])c(C3COC(C)=C3C)c2)nc1. The van der Waals surface area contributed by atoms with E-state index in [9.17, 15) is 0 Å². The lowest BCUT2D eigenvalue weighted by Crippen LogP contribution is -2.04. The maximum absolute atomic E-state index is 7.86. The van der Waals surface area contributed by atoms with E-state index in [1.165, 1.54) is 12.3 Å². The number of rotatable bonds is 2. The average molecular weight is 285 g/mol. The maximum atomic E-state index is 7.86. The van der Waals surface area contributed by atoms with Crippen LogP contribution in [0.2, 0.25) is 0 Å². The highest BCUT2D eigenvalue weighted by Crippen LogP contribution is 2.36. The van der Waals surface area contributed by atoms with Gasteiger partial charge in [0.05, 0.1) is 18.1 Å². The van der Waals surface area contributed by atoms with Crippen LogP contribution in [-0.2, 0) is 4.74 Å². The van der Waals surface area contributed by atoms with Crippen molar-refractivity contribution in [3.8, 4) is 11.3 Å². The second-order valence-corrected chi connectivity index (χ2v) is 5.34. The lowest BCUT2D eigenvalue weighted by atomic mass is 9.88. The molecule has 2 heterocycles. The first-order valence-corrected chi connectivity index (χ1v) is 6.90. The number of hydrogen-bond acceptors (Lipinski definition) is 2. The monoisotopic (exact) mass is 285 g/mol. The van der Waals surface area contributed by atoms with Crippen molar-refractivity contribution >= 4 is 0 Å². The van der Waals surface area contributed by atoms with Crippen molar-refractivity contribution in [1.29, 1.82) is 0 Å². The first-order valence-electron chi connectivity index (χ1n) is 9.90. The Kier molecular flexibility index (Phi) is 2.14. The molecule has 21 heavy (non-hydrogen) atoms. The smallest absolute Gasteiger partial charge is 0.0984 e. The summed E-state index contributed by atoms with van der Waals surface area (Å²) in [7, 11) is 0. The maximum Gasteiger partial charge on any atom is 0.0984 e. The van der Waals surface area contributed by atoms with Gasteiger partial charge in [-0.25, -0.2) is 0 Å². The predicted molar refractivity (Wildman–Crippen MR) is 86.2 cm³/mol. The van der Waals surface area contributed by atoms with E-state index >= 15 is 0 Å². The van der Waals surface area contributed by atoms with Crippen LogP contribution in [0.1, 0.15) is 44.7 Å². The number of pyridine rings is 1. The molecular formula is C19H21NO. The zero-order valence-electron chi connectivity index (χ0n) is 18.1. The fourth-order valence-electron chi connectivity index (χ4n) is 2.59. The summed E-state index contributed by atoms with van der Waals surface area (Å²) in [6.07, 6.45) is 1.34. The molecule has 2 aromatic rings. The fraction of sp³-hybridized carbons (Fsp3) is 0.316. The van der Waals surface area contributed by atoms with Crippen LogP contribution in [-0.4, -0.2) is 11.6 Å². The van der Waals surface area contributed by atoms with Gasteiger partial charge in [-0.2, -0.15) is 0 Å². The molecule has 1 aromatic heterocycles. The highest BCUT2D eigenvalue weighted by Gasteiger charge is 2.24. The molecule has 0 radical (unpaired) electrons. The average Bonchev–Trinajstić information content (AvgIpc) is 2.92. The zero-order valence-corrected chi connectivity index (χ0v) is 12.1. The topological polar surface area (TPSA) is 22.1 Å². The van der Waals surface area contributed by atoms with Crippen molar-refractivity contribution in [2.75, 3.05) is 6.61 Å². The molecule has 0 N–H and O–H groups in total. The molecule has 108 valence electrons. The van der Waals surface area contributed by atoms with Gasteiger partial charge in [0.2, 0.25) is 0 Å². The quantitative estimate of drug-likeness (QED) is 0.792. The summed E-state index contributed by atoms with van der Waals surface area (Å²) in [6.45, 7) is -0.198. The minimum Gasteiger partial charge on any atom is -0.497 e. The van der Waals surface area contributed by atoms with Crippen molar-refractivity contribution in [2.24, 2.45) is 0 Å². The molecule has 1 aromatic carbocycles. The Morgan fingerprint density at radius 1 is 1.19 bits per heavy atom. The number of ether oxygens (including phenoxy) is 1.